The fourth-order valence-corrected chi connectivity index (χ4v) is 3.93. The molecule has 2 rings (SSSR count). The van der Waals surface area contributed by atoms with Crippen LogP contribution in [0.15, 0.2) is 39.5 Å². The Bertz CT molecular complexity index is 760. The number of hydrogen-bond acceptors (Lipinski definition) is 8. The summed E-state index contributed by atoms with van der Waals surface area (Å²) in [7, 11) is 0. The van der Waals surface area contributed by atoms with E-state index in [-0.39, 0.29) is 10.3 Å². The first kappa shape index (κ1) is 20.4. The molecule has 2 aromatic rings. The minimum absolute atomic E-state index is 0.0533. The van der Waals surface area contributed by atoms with Crippen molar-refractivity contribution >= 4 is 45.6 Å². The molecule has 0 atom stereocenters. The lowest BCUT2D eigenvalue weighted by molar-refractivity contribution is 0.340. The van der Waals surface area contributed by atoms with Gasteiger partial charge in [0.2, 0.25) is 0 Å². The number of nitrogens with zero attached hydrogens (tertiary/aromatic N) is 2. The summed E-state index contributed by atoms with van der Waals surface area (Å²) >= 11 is 3.53. The topological polar surface area (TPSA) is 135 Å². The van der Waals surface area contributed by atoms with Crippen molar-refractivity contribution in [2.45, 2.75) is 28.6 Å². The number of thioether (sulfide) groups is 3. The summed E-state index contributed by atoms with van der Waals surface area (Å²) in [4.78, 5) is 8.97. The van der Waals surface area contributed by atoms with Crippen LogP contribution in [-0.2, 0) is 6.42 Å². The van der Waals surface area contributed by atoms with Gasteiger partial charge in [0.25, 0.3) is 0 Å². The molecule has 1 aromatic heterocycles. The van der Waals surface area contributed by atoms with Crippen LogP contribution < -0.4 is 16.2 Å². The molecule has 6 N–H and O–H groups in total. The van der Waals surface area contributed by atoms with Crippen molar-refractivity contribution in [3.63, 3.8) is 0 Å². The van der Waals surface area contributed by atoms with Gasteiger partial charge in [0.15, 0.2) is 15.5 Å². The van der Waals surface area contributed by atoms with E-state index in [2.05, 4.69) is 9.97 Å². The molecule has 0 fully saturated rings. The highest BCUT2D eigenvalue weighted by molar-refractivity contribution is 8.14. The average molecular weight is 409 g/mol. The smallest absolute Gasteiger partial charge is 0.189 e. The zero-order valence-electron chi connectivity index (χ0n) is 14.4. The zero-order valence-corrected chi connectivity index (χ0v) is 16.9. The third-order valence-corrected chi connectivity index (χ3v) is 5.17. The number of ether oxygens (including phenoxy) is 1. The molecule has 0 bridgehead atoms. The first-order chi connectivity index (χ1) is 12.4. The van der Waals surface area contributed by atoms with Gasteiger partial charge in [0.1, 0.15) is 15.8 Å². The quantitative estimate of drug-likeness (QED) is 0.180. The molecule has 0 saturated heterocycles. The minimum Gasteiger partial charge on any atom is -0.494 e. The fourth-order valence-electron chi connectivity index (χ4n) is 2.12. The molecule has 0 amide bonds. The standard InChI is InChI=1S/C16H20N6OS3/c1-3-23-10-6-4-9(5-7-10)8-11-12(25-14(17)18)21-16(24-2)22-13(11)26-15(19)20/h4-7H,3,8H2,1-2H3,(H3,17,18)(H3,19,20). The summed E-state index contributed by atoms with van der Waals surface area (Å²) in [5, 5.41) is 16.9. The van der Waals surface area contributed by atoms with Crippen molar-refractivity contribution in [3.05, 3.63) is 35.4 Å². The molecule has 26 heavy (non-hydrogen) atoms. The van der Waals surface area contributed by atoms with Crippen molar-refractivity contribution in [2.24, 2.45) is 11.5 Å². The Kier molecular flexibility index (Phi) is 7.61. The second-order valence-electron chi connectivity index (χ2n) is 4.99. The van der Waals surface area contributed by atoms with E-state index in [9.17, 15) is 0 Å². The van der Waals surface area contributed by atoms with E-state index in [0.29, 0.717) is 28.2 Å². The SMILES string of the molecule is CCOc1ccc(Cc2c(SC(=N)N)nc(SC)nc2SC(=N)N)cc1. The number of amidine groups is 2. The van der Waals surface area contributed by atoms with Gasteiger partial charge < -0.3 is 16.2 Å². The highest BCUT2D eigenvalue weighted by Gasteiger charge is 2.18. The van der Waals surface area contributed by atoms with Crippen LogP contribution in [0.1, 0.15) is 18.1 Å². The van der Waals surface area contributed by atoms with Gasteiger partial charge in [-0.2, -0.15) is 0 Å². The van der Waals surface area contributed by atoms with Gasteiger partial charge in [0, 0.05) is 12.0 Å². The maximum Gasteiger partial charge on any atom is 0.189 e. The number of nitrogens with two attached hydrogens (primary N) is 2. The Morgan fingerprint density at radius 2 is 1.58 bits per heavy atom. The second-order valence-corrected chi connectivity index (χ2v) is 7.82. The van der Waals surface area contributed by atoms with Crippen LogP contribution in [0.3, 0.4) is 0 Å². The van der Waals surface area contributed by atoms with Crippen LogP contribution in [0.25, 0.3) is 0 Å². The van der Waals surface area contributed by atoms with Crippen molar-refractivity contribution in [1.29, 1.82) is 10.8 Å². The van der Waals surface area contributed by atoms with Gasteiger partial charge in [-0.3, -0.25) is 10.8 Å². The van der Waals surface area contributed by atoms with E-state index in [1.165, 1.54) is 11.8 Å². The van der Waals surface area contributed by atoms with E-state index in [1.54, 1.807) is 0 Å². The Morgan fingerprint density at radius 1 is 1.04 bits per heavy atom. The number of rotatable bonds is 7. The number of benzene rings is 1. The van der Waals surface area contributed by atoms with Crippen molar-refractivity contribution < 1.29 is 4.74 Å². The molecule has 0 aliphatic rings. The van der Waals surface area contributed by atoms with Crippen LogP contribution in [0.4, 0.5) is 0 Å². The normalized spacial score (nSPS) is 10.5. The van der Waals surface area contributed by atoms with Gasteiger partial charge in [0.05, 0.1) is 6.61 Å². The Hall–Kier alpha value is -1.91. The number of hydrogen-bond donors (Lipinski definition) is 4. The van der Waals surface area contributed by atoms with Crippen LogP contribution in [0.5, 0.6) is 5.75 Å². The molecule has 0 aliphatic heterocycles. The fraction of sp³-hybridized carbons (Fsp3) is 0.250. The average Bonchev–Trinajstić information content (AvgIpc) is 2.58. The highest BCUT2D eigenvalue weighted by Crippen LogP contribution is 2.32. The summed E-state index contributed by atoms with van der Waals surface area (Å²) in [6, 6.07) is 7.76. The first-order valence-electron chi connectivity index (χ1n) is 7.63. The van der Waals surface area contributed by atoms with E-state index in [4.69, 9.17) is 27.0 Å². The van der Waals surface area contributed by atoms with Crippen LogP contribution >= 0.6 is 35.3 Å². The minimum atomic E-state index is -0.0533. The second kappa shape index (κ2) is 9.70. The molecule has 0 aliphatic carbocycles. The largest absolute Gasteiger partial charge is 0.494 e. The van der Waals surface area contributed by atoms with Crippen molar-refractivity contribution in [1.82, 2.24) is 9.97 Å². The zero-order chi connectivity index (χ0) is 19.1. The third kappa shape index (κ3) is 5.82. The lowest BCUT2D eigenvalue weighted by Gasteiger charge is -2.14. The maximum atomic E-state index is 7.61. The lowest BCUT2D eigenvalue weighted by atomic mass is 10.1. The van der Waals surface area contributed by atoms with Gasteiger partial charge in [-0.1, -0.05) is 23.9 Å². The molecule has 1 aromatic carbocycles. The lowest BCUT2D eigenvalue weighted by Crippen LogP contribution is -2.10. The summed E-state index contributed by atoms with van der Waals surface area (Å²) < 4.78 is 5.47. The molecule has 0 radical (unpaired) electrons. The summed E-state index contributed by atoms with van der Waals surface area (Å²) in [6.07, 6.45) is 2.40. The highest BCUT2D eigenvalue weighted by atomic mass is 32.2. The van der Waals surface area contributed by atoms with Gasteiger partial charge in [-0.15, -0.1) is 0 Å². The number of nitrogens with one attached hydrogen (secondary N) is 2. The van der Waals surface area contributed by atoms with Crippen LogP contribution in [0, 0.1) is 10.8 Å². The predicted octanol–water partition coefficient (Wildman–Crippen LogP) is 3.16. The summed E-state index contributed by atoms with van der Waals surface area (Å²) in [6.45, 7) is 2.55. The third-order valence-electron chi connectivity index (χ3n) is 3.12. The van der Waals surface area contributed by atoms with Gasteiger partial charge in [-0.05, 0) is 54.4 Å². The van der Waals surface area contributed by atoms with E-state index in [0.717, 1.165) is 40.4 Å². The molecular formula is C16H20N6OS3. The maximum absolute atomic E-state index is 7.61. The predicted molar refractivity (Wildman–Crippen MR) is 110 cm³/mol. The van der Waals surface area contributed by atoms with Crippen molar-refractivity contribution in [2.75, 3.05) is 12.9 Å². The van der Waals surface area contributed by atoms with E-state index >= 15 is 0 Å². The molecule has 1 heterocycles. The molecule has 10 heteroatoms. The molecular weight excluding hydrogens is 388 g/mol. The summed E-state index contributed by atoms with van der Waals surface area (Å²) in [5.41, 5.74) is 13.0. The molecule has 0 unspecified atom stereocenters. The molecule has 0 saturated carbocycles. The van der Waals surface area contributed by atoms with E-state index in [1.807, 2.05) is 37.4 Å². The molecule has 0 spiro atoms. The van der Waals surface area contributed by atoms with E-state index < -0.39 is 0 Å². The van der Waals surface area contributed by atoms with Crippen LogP contribution in [0.2, 0.25) is 0 Å². The molecule has 138 valence electrons. The first-order valence-corrected chi connectivity index (χ1v) is 10.5. The molecule has 7 nitrogen and oxygen atoms in total. The summed E-state index contributed by atoms with van der Waals surface area (Å²) in [5.74, 6) is 0.807. The number of aromatic nitrogens is 2. The monoisotopic (exact) mass is 408 g/mol. The Morgan fingerprint density at radius 3 is 2.00 bits per heavy atom. The van der Waals surface area contributed by atoms with Gasteiger partial charge in [-0.25, -0.2) is 9.97 Å². The Labute approximate surface area is 165 Å². The van der Waals surface area contributed by atoms with Gasteiger partial charge >= 0.3 is 0 Å². The Balaban J connectivity index is 2.44. The van der Waals surface area contributed by atoms with Crippen molar-refractivity contribution in [3.8, 4) is 5.75 Å². The van der Waals surface area contributed by atoms with Crippen LogP contribution in [-0.4, -0.2) is 33.2 Å².